The second kappa shape index (κ2) is 5.09. The fourth-order valence-corrected chi connectivity index (χ4v) is 2.00. The lowest BCUT2D eigenvalue weighted by Crippen LogP contribution is -2.41. The van der Waals surface area contributed by atoms with Gasteiger partial charge in [-0.15, -0.1) is 0 Å². The zero-order valence-electron chi connectivity index (χ0n) is 8.61. The van der Waals surface area contributed by atoms with Crippen LogP contribution < -0.4 is 0 Å². The number of carbonyl (C=O) groups is 2. The van der Waals surface area contributed by atoms with Crippen LogP contribution in [0.3, 0.4) is 0 Å². The normalized spacial score (nSPS) is 11.1. The minimum atomic E-state index is -3.75. The first-order valence-corrected chi connectivity index (χ1v) is 6.10. The number of amides is 2. The monoisotopic (exact) mass is 221 g/mol. The van der Waals surface area contributed by atoms with Crippen LogP contribution in [0.25, 0.3) is 0 Å². The van der Waals surface area contributed by atoms with Crippen molar-refractivity contribution >= 4 is 21.8 Å². The Labute approximate surface area is 84.1 Å². The number of nitrogens with zero attached hydrogens (tertiary/aromatic N) is 1. The Morgan fingerprint density at radius 2 is 1.36 bits per heavy atom. The number of carbonyl (C=O) groups excluding carboxylic acids is 2. The van der Waals surface area contributed by atoms with Crippen LogP contribution in [0.4, 0.5) is 0 Å². The first-order chi connectivity index (χ1) is 6.40. The maximum Gasteiger partial charge on any atom is 0.243 e. The topological polar surface area (TPSA) is 71.5 Å². The molecule has 0 aliphatic carbocycles. The zero-order valence-corrected chi connectivity index (χ0v) is 9.43. The summed E-state index contributed by atoms with van der Waals surface area (Å²) in [4.78, 5) is 22.5. The van der Waals surface area contributed by atoms with E-state index in [9.17, 15) is 18.0 Å². The summed E-state index contributed by atoms with van der Waals surface area (Å²) in [6.45, 7) is 4.43. The van der Waals surface area contributed by atoms with Crippen LogP contribution in [0.5, 0.6) is 0 Å². The highest BCUT2D eigenvalue weighted by Gasteiger charge is 2.29. The molecular weight excluding hydrogens is 206 g/mol. The van der Waals surface area contributed by atoms with Gasteiger partial charge < -0.3 is 0 Å². The summed E-state index contributed by atoms with van der Waals surface area (Å²) in [5.41, 5.74) is 0. The second-order valence-electron chi connectivity index (χ2n) is 2.66. The lowest BCUT2D eigenvalue weighted by Gasteiger charge is -2.18. The first kappa shape index (κ1) is 13.1. The summed E-state index contributed by atoms with van der Waals surface area (Å²) in [5, 5.41) is 0. The van der Waals surface area contributed by atoms with Crippen molar-refractivity contribution in [3.8, 4) is 0 Å². The van der Waals surface area contributed by atoms with Gasteiger partial charge in [0, 0.05) is 12.8 Å². The van der Waals surface area contributed by atoms with Crippen LogP contribution in [0.2, 0.25) is 0 Å². The Balaban J connectivity index is 5.12. The van der Waals surface area contributed by atoms with Crippen LogP contribution in [0.1, 0.15) is 33.6 Å². The molecule has 0 unspecified atom stereocenters. The molecule has 0 bridgehead atoms. The lowest BCUT2D eigenvalue weighted by atomic mass is 10.4. The molecule has 0 aliphatic heterocycles. The number of rotatable bonds is 4. The van der Waals surface area contributed by atoms with Crippen LogP contribution in [-0.4, -0.2) is 30.3 Å². The van der Waals surface area contributed by atoms with Crippen LogP contribution in [0, 0.1) is 0 Å². The van der Waals surface area contributed by atoms with E-state index in [-0.39, 0.29) is 18.6 Å². The SMILES string of the molecule is CCC(=O)N(C(=O)CC)S(=O)(=O)CC. The summed E-state index contributed by atoms with van der Waals surface area (Å²) >= 11 is 0. The first-order valence-electron chi connectivity index (χ1n) is 4.49. The molecule has 0 saturated carbocycles. The van der Waals surface area contributed by atoms with Crippen LogP contribution in [-0.2, 0) is 19.6 Å². The molecule has 0 aromatic heterocycles. The molecule has 0 spiro atoms. The second-order valence-corrected chi connectivity index (χ2v) is 4.77. The largest absolute Gasteiger partial charge is 0.273 e. The predicted octanol–water partition coefficient (Wildman–Crippen LogP) is 0.511. The zero-order chi connectivity index (χ0) is 11.4. The molecule has 0 radical (unpaired) electrons. The molecular formula is C8H15NO4S. The molecule has 14 heavy (non-hydrogen) atoms. The molecule has 0 rings (SSSR count). The van der Waals surface area contributed by atoms with E-state index in [2.05, 4.69) is 0 Å². The van der Waals surface area contributed by atoms with E-state index in [1.807, 2.05) is 0 Å². The molecule has 0 aliphatic rings. The summed E-state index contributed by atoms with van der Waals surface area (Å²) in [7, 11) is -3.75. The van der Waals surface area contributed by atoms with Gasteiger partial charge in [-0.2, -0.15) is 4.31 Å². The van der Waals surface area contributed by atoms with Gasteiger partial charge in [0.15, 0.2) is 0 Å². The van der Waals surface area contributed by atoms with Gasteiger partial charge in [-0.05, 0) is 6.92 Å². The Kier molecular flexibility index (Phi) is 4.76. The Morgan fingerprint density at radius 1 is 1.00 bits per heavy atom. The van der Waals surface area contributed by atoms with Crippen LogP contribution in [0.15, 0.2) is 0 Å². The molecule has 0 aromatic rings. The molecule has 0 atom stereocenters. The van der Waals surface area contributed by atoms with E-state index in [1.165, 1.54) is 20.8 Å². The average Bonchev–Trinajstić information content (AvgIpc) is 2.17. The molecule has 0 saturated heterocycles. The minimum Gasteiger partial charge on any atom is -0.273 e. The van der Waals surface area contributed by atoms with Crippen molar-refractivity contribution < 1.29 is 18.0 Å². The third-order valence-corrected chi connectivity index (χ3v) is 3.39. The van der Waals surface area contributed by atoms with Crippen molar-refractivity contribution in [3.05, 3.63) is 0 Å². The van der Waals surface area contributed by atoms with Crippen molar-refractivity contribution in [3.63, 3.8) is 0 Å². The van der Waals surface area contributed by atoms with E-state index in [0.29, 0.717) is 4.31 Å². The molecule has 6 heteroatoms. The van der Waals surface area contributed by atoms with Gasteiger partial charge in [0.25, 0.3) is 0 Å². The standard InChI is InChI=1S/C8H15NO4S/c1-4-7(10)9(8(11)5-2)14(12,13)6-3/h4-6H2,1-3H3. The van der Waals surface area contributed by atoms with Crippen molar-refractivity contribution in [2.45, 2.75) is 33.6 Å². The Morgan fingerprint density at radius 3 is 1.57 bits per heavy atom. The van der Waals surface area contributed by atoms with Gasteiger partial charge in [0.2, 0.25) is 21.8 Å². The number of hydrogen-bond acceptors (Lipinski definition) is 4. The lowest BCUT2D eigenvalue weighted by molar-refractivity contribution is -0.138. The quantitative estimate of drug-likeness (QED) is 0.693. The molecule has 2 amide bonds. The smallest absolute Gasteiger partial charge is 0.243 e. The molecule has 0 N–H and O–H groups in total. The molecule has 5 nitrogen and oxygen atoms in total. The summed E-state index contributed by atoms with van der Waals surface area (Å²) in [5.74, 6) is -1.58. The predicted molar refractivity (Wildman–Crippen MR) is 51.9 cm³/mol. The van der Waals surface area contributed by atoms with E-state index >= 15 is 0 Å². The van der Waals surface area contributed by atoms with Crippen molar-refractivity contribution in [2.75, 3.05) is 5.75 Å². The third-order valence-electron chi connectivity index (χ3n) is 1.70. The fraction of sp³-hybridized carbons (Fsp3) is 0.750. The van der Waals surface area contributed by atoms with Gasteiger partial charge >= 0.3 is 0 Å². The Bertz CT molecular complexity index is 304. The van der Waals surface area contributed by atoms with E-state index in [0.717, 1.165) is 0 Å². The molecule has 0 aromatic carbocycles. The van der Waals surface area contributed by atoms with Gasteiger partial charge in [0.05, 0.1) is 5.75 Å². The molecule has 0 fully saturated rings. The fourth-order valence-electron chi connectivity index (χ4n) is 0.866. The van der Waals surface area contributed by atoms with Crippen molar-refractivity contribution in [2.24, 2.45) is 0 Å². The highest BCUT2D eigenvalue weighted by atomic mass is 32.2. The van der Waals surface area contributed by atoms with E-state index in [4.69, 9.17) is 0 Å². The molecule has 0 heterocycles. The molecule has 82 valence electrons. The third kappa shape index (κ3) is 2.80. The van der Waals surface area contributed by atoms with Gasteiger partial charge in [0.1, 0.15) is 0 Å². The van der Waals surface area contributed by atoms with Crippen molar-refractivity contribution in [1.82, 2.24) is 4.31 Å². The van der Waals surface area contributed by atoms with Gasteiger partial charge in [-0.25, -0.2) is 8.42 Å². The maximum atomic E-state index is 11.4. The number of sulfonamides is 1. The summed E-state index contributed by atoms with van der Waals surface area (Å²) < 4.78 is 23.2. The van der Waals surface area contributed by atoms with Gasteiger partial charge in [-0.3, -0.25) is 9.59 Å². The highest BCUT2D eigenvalue weighted by molar-refractivity contribution is 7.90. The average molecular weight is 221 g/mol. The van der Waals surface area contributed by atoms with Crippen LogP contribution >= 0.6 is 0 Å². The minimum absolute atomic E-state index is 0.00493. The summed E-state index contributed by atoms with van der Waals surface area (Å²) in [6.07, 6.45) is 0.00986. The number of imide groups is 1. The van der Waals surface area contributed by atoms with Gasteiger partial charge in [-0.1, -0.05) is 13.8 Å². The Hall–Kier alpha value is -0.910. The van der Waals surface area contributed by atoms with E-state index < -0.39 is 21.8 Å². The highest BCUT2D eigenvalue weighted by Crippen LogP contribution is 2.07. The maximum absolute atomic E-state index is 11.4. The van der Waals surface area contributed by atoms with Crippen molar-refractivity contribution in [1.29, 1.82) is 0 Å². The van der Waals surface area contributed by atoms with E-state index in [1.54, 1.807) is 0 Å². The summed E-state index contributed by atoms with van der Waals surface area (Å²) in [6, 6.07) is 0. The number of hydrogen-bond donors (Lipinski definition) is 0.